The molecule has 0 bridgehead atoms. The van der Waals surface area contributed by atoms with Crippen LogP contribution in [0.4, 0.5) is 0 Å². The van der Waals surface area contributed by atoms with Crippen molar-refractivity contribution in [1.82, 2.24) is 15.1 Å². The van der Waals surface area contributed by atoms with Crippen LogP contribution in [0.1, 0.15) is 40.0 Å². The number of rotatable bonds is 10. The van der Waals surface area contributed by atoms with Crippen molar-refractivity contribution in [2.75, 3.05) is 26.2 Å². The zero-order valence-corrected chi connectivity index (χ0v) is 19.7. The molecule has 1 aliphatic rings. The minimum Gasteiger partial charge on any atom is -0.482 e. The fourth-order valence-corrected chi connectivity index (χ4v) is 4.27. The van der Waals surface area contributed by atoms with Crippen LogP contribution < -0.4 is 10.1 Å². The summed E-state index contributed by atoms with van der Waals surface area (Å²) in [5.74, 6) is -0.263. The molecule has 0 saturated carbocycles. The van der Waals surface area contributed by atoms with Gasteiger partial charge in [0.15, 0.2) is 6.61 Å². The molecule has 1 heterocycles. The van der Waals surface area contributed by atoms with Gasteiger partial charge in [0.2, 0.25) is 5.91 Å². The Hall–Kier alpha value is -2.01. The summed E-state index contributed by atoms with van der Waals surface area (Å²) in [6.45, 7) is 7.85. The van der Waals surface area contributed by atoms with Crippen LogP contribution in [-0.4, -0.2) is 66.0 Å². The molecule has 31 heavy (non-hydrogen) atoms. The van der Waals surface area contributed by atoms with E-state index in [9.17, 15) is 9.59 Å². The molecule has 1 unspecified atom stereocenters. The van der Waals surface area contributed by atoms with Gasteiger partial charge in [0.1, 0.15) is 17.8 Å². The fraction of sp³-hybridized carbons (Fsp3) is 0.591. The Morgan fingerprint density at radius 3 is 2.58 bits per heavy atom. The van der Waals surface area contributed by atoms with E-state index >= 15 is 0 Å². The van der Waals surface area contributed by atoms with Gasteiger partial charge in [-0.3, -0.25) is 14.5 Å². The maximum Gasteiger partial charge on any atom is 0.261 e. The zero-order valence-electron chi connectivity index (χ0n) is 18.2. The second-order valence-electron chi connectivity index (χ2n) is 7.71. The molecule has 0 spiro atoms. The number of hydrogen-bond donors (Lipinski definition) is 1. The summed E-state index contributed by atoms with van der Waals surface area (Å²) < 4.78 is 5.61. The molecule has 9 heteroatoms. The second kappa shape index (κ2) is 12.1. The van der Waals surface area contributed by atoms with Crippen LogP contribution in [0.15, 0.2) is 18.2 Å². The van der Waals surface area contributed by atoms with E-state index in [4.69, 9.17) is 33.2 Å². The molecular formula is C22H30Cl2N4O3. The van der Waals surface area contributed by atoms with Gasteiger partial charge in [0, 0.05) is 17.6 Å². The Balaban J connectivity index is 2.15. The van der Waals surface area contributed by atoms with Gasteiger partial charge in [-0.15, -0.1) is 0 Å². The third-order valence-electron chi connectivity index (χ3n) is 5.24. The van der Waals surface area contributed by atoms with Gasteiger partial charge in [-0.2, -0.15) is 5.26 Å². The smallest absolute Gasteiger partial charge is 0.261 e. The fourth-order valence-electron chi connectivity index (χ4n) is 3.81. The van der Waals surface area contributed by atoms with Gasteiger partial charge < -0.3 is 15.0 Å². The lowest BCUT2D eigenvalue weighted by atomic mass is 10.1. The highest BCUT2D eigenvalue weighted by Crippen LogP contribution is 2.28. The third-order valence-corrected chi connectivity index (χ3v) is 5.77. The number of halogens is 2. The Morgan fingerprint density at radius 2 is 2.00 bits per heavy atom. The lowest BCUT2D eigenvalue weighted by Crippen LogP contribution is -2.49. The largest absolute Gasteiger partial charge is 0.482 e. The van der Waals surface area contributed by atoms with E-state index in [1.807, 2.05) is 6.07 Å². The number of nitriles is 1. The highest BCUT2D eigenvalue weighted by Gasteiger charge is 2.41. The van der Waals surface area contributed by atoms with Gasteiger partial charge >= 0.3 is 0 Å². The van der Waals surface area contributed by atoms with Crippen LogP contribution in [0.3, 0.4) is 0 Å². The maximum absolute atomic E-state index is 13.0. The van der Waals surface area contributed by atoms with Crippen molar-refractivity contribution >= 4 is 35.0 Å². The van der Waals surface area contributed by atoms with Crippen molar-refractivity contribution in [2.24, 2.45) is 0 Å². The molecule has 7 nitrogen and oxygen atoms in total. The van der Waals surface area contributed by atoms with Crippen LogP contribution in [0.25, 0.3) is 0 Å². The number of carbonyl (C=O) groups is 2. The third kappa shape index (κ3) is 6.99. The van der Waals surface area contributed by atoms with E-state index in [0.29, 0.717) is 28.8 Å². The number of hydrogen-bond acceptors (Lipinski definition) is 5. The average Bonchev–Trinajstić information content (AvgIpc) is 3.18. The summed E-state index contributed by atoms with van der Waals surface area (Å²) in [4.78, 5) is 29.7. The van der Waals surface area contributed by atoms with E-state index in [-0.39, 0.29) is 24.5 Å². The first kappa shape index (κ1) is 25.3. The van der Waals surface area contributed by atoms with Crippen LogP contribution in [0, 0.1) is 11.3 Å². The van der Waals surface area contributed by atoms with E-state index in [1.54, 1.807) is 30.0 Å². The van der Waals surface area contributed by atoms with Crippen molar-refractivity contribution in [3.8, 4) is 11.8 Å². The molecule has 1 aliphatic heterocycles. The first-order chi connectivity index (χ1) is 14.8. The molecule has 0 radical (unpaired) electrons. The molecule has 2 rings (SSSR count). The quantitative estimate of drug-likeness (QED) is 0.567. The number of nitrogens with zero attached hydrogens (tertiary/aromatic N) is 3. The molecule has 1 fully saturated rings. The molecule has 1 aromatic rings. The van der Waals surface area contributed by atoms with E-state index in [1.165, 1.54) is 0 Å². The van der Waals surface area contributed by atoms with E-state index < -0.39 is 12.1 Å². The lowest BCUT2D eigenvalue weighted by molar-refractivity contribution is -0.140. The highest BCUT2D eigenvalue weighted by molar-refractivity contribution is 6.35. The summed E-state index contributed by atoms with van der Waals surface area (Å²) in [6.07, 6.45) is 2.51. The standard InChI is InChI=1S/C22H30Cl2N4O3/c1-4-8-27(9-5-2)17-11-19(22(30)26-15(3)12-25)28(13-17)21(29)14-31-20-7-6-16(23)10-18(20)24/h6-7,10,15,17,19H,4-5,8-9,11,13-14H2,1-3H3,(H,26,30)/t15-,17+,19?/m0/s1. The number of nitrogens with one attached hydrogen (secondary N) is 1. The lowest BCUT2D eigenvalue weighted by Gasteiger charge is -2.28. The molecule has 1 saturated heterocycles. The highest BCUT2D eigenvalue weighted by atomic mass is 35.5. The SMILES string of the molecule is CCCN(CCC)[C@@H]1CC(C(=O)N[C@@H](C)C#N)N(C(=O)COc2ccc(Cl)cc2Cl)C1. The summed E-state index contributed by atoms with van der Waals surface area (Å²) in [5, 5.41) is 12.5. The minimum absolute atomic E-state index is 0.0797. The first-order valence-corrected chi connectivity index (χ1v) is 11.4. The van der Waals surface area contributed by atoms with Crippen molar-refractivity contribution < 1.29 is 14.3 Å². The summed E-state index contributed by atoms with van der Waals surface area (Å²) in [6, 6.07) is 5.58. The summed E-state index contributed by atoms with van der Waals surface area (Å²) in [7, 11) is 0. The predicted molar refractivity (Wildman–Crippen MR) is 121 cm³/mol. The molecule has 3 atom stereocenters. The van der Waals surface area contributed by atoms with E-state index in [0.717, 1.165) is 25.9 Å². The molecule has 2 amide bonds. The van der Waals surface area contributed by atoms with Gasteiger partial charge in [-0.05, 0) is 57.5 Å². The predicted octanol–water partition coefficient (Wildman–Crippen LogP) is 3.49. The van der Waals surface area contributed by atoms with Crippen LogP contribution in [0.2, 0.25) is 10.0 Å². The molecule has 1 aromatic carbocycles. The first-order valence-electron chi connectivity index (χ1n) is 10.6. The van der Waals surface area contributed by atoms with Crippen molar-refractivity contribution in [2.45, 2.75) is 58.2 Å². The monoisotopic (exact) mass is 468 g/mol. The van der Waals surface area contributed by atoms with Crippen LogP contribution in [0.5, 0.6) is 5.75 Å². The van der Waals surface area contributed by atoms with Crippen LogP contribution in [-0.2, 0) is 9.59 Å². The number of carbonyl (C=O) groups excluding carboxylic acids is 2. The summed E-state index contributed by atoms with van der Waals surface area (Å²) in [5.41, 5.74) is 0. The molecule has 0 aliphatic carbocycles. The average molecular weight is 469 g/mol. The van der Waals surface area contributed by atoms with Crippen molar-refractivity contribution in [3.63, 3.8) is 0 Å². The summed E-state index contributed by atoms with van der Waals surface area (Å²) >= 11 is 12.0. The van der Waals surface area contributed by atoms with Crippen molar-refractivity contribution in [1.29, 1.82) is 5.26 Å². The normalized spacial score (nSPS) is 19.2. The van der Waals surface area contributed by atoms with Gasteiger partial charge in [-0.1, -0.05) is 37.0 Å². The van der Waals surface area contributed by atoms with Crippen LogP contribution >= 0.6 is 23.2 Å². The molecule has 1 N–H and O–H groups in total. The number of amides is 2. The Bertz CT molecular complexity index is 808. The molecule has 170 valence electrons. The minimum atomic E-state index is -0.645. The second-order valence-corrected chi connectivity index (χ2v) is 8.55. The number of ether oxygens (including phenoxy) is 1. The van der Waals surface area contributed by atoms with Gasteiger partial charge in [-0.25, -0.2) is 0 Å². The van der Waals surface area contributed by atoms with Gasteiger partial charge in [0.25, 0.3) is 5.91 Å². The van der Waals surface area contributed by atoms with Gasteiger partial charge in [0.05, 0.1) is 11.1 Å². The molecular weight excluding hydrogens is 439 g/mol. The number of likely N-dealkylation sites (tertiary alicyclic amines) is 1. The topological polar surface area (TPSA) is 85.7 Å². The number of benzene rings is 1. The maximum atomic E-state index is 13.0. The zero-order chi connectivity index (χ0) is 23.0. The Kier molecular flexibility index (Phi) is 9.89. The molecule has 0 aromatic heterocycles. The Labute approximate surface area is 194 Å². The Morgan fingerprint density at radius 1 is 1.32 bits per heavy atom. The van der Waals surface area contributed by atoms with E-state index in [2.05, 4.69) is 24.1 Å². The van der Waals surface area contributed by atoms with Crippen molar-refractivity contribution in [3.05, 3.63) is 28.2 Å².